The van der Waals surface area contributed by atoms with Gasteiger partial charge in [0.1, 0.15) is 5.69 Å². The number of nitrogens with one attached hydrogen (secondary N) is 2. The van der Waals surface area contributed by atoms with Gasteiger partial charge in [-0.3, -0.25) is 19.6 Å². The first-order valence-corrected chi connectivity index (χ1v) is 7.83. The van der Waals surface area contributed by atoms with Gasteiger partial charge in [-0.1, -0.05) is 0 Å². The summed E-state index contributed by atoms with van der Waals surface area (Å²) in [5.41, 5.74) is 0.810. The molecule has 1 aliphatic heterocycles. The zero-order chi connectivity index (χ0) is 17.1. The second kappa shape index (κ2) is 6.69. The number of carbonyl (C=O) groups is 1. The number of aromatic nitrogens is 3. The van der Waals surface area contributed by atoms with Crippen LogP contribution in [0, 0.1) is 6.92 Å². The SMILES string of the molecule is Cc1cc(N2CCCN(C(=O)c3cc(=O)[nH]c(=O)[nH]3)CC2)ccn1. The second-order valence-electron chi connectivity index (χ2n) is 5.79. The lowest BCUT2D eigenvalue weighted by Crippen LogP contribution is -2.37. The molecule has 1 amide bonds. The smallest absolute Gasteiger partial charge is 0.326 e. The molecule has 8 nitrogen and oxygen atoms in total. The summed E-state index contributed by atoms with van der Waals surface area (Å²) in [5, 5.41) is 0. The molecule has 0 spiro atoms. The van der Waals surface area contributed by atoms with Gasteiger partial charge in [0.15, 0.2) is 0 Å². The van der Waals surface area contributed by atoms with Crippen molar-refractivity contribution in [2.75, 3.05) is 31.1 Å². The summed E-state index contributed by atoms with van der Waals surface area (Å²) in [6, 6.07) is 5.10. The van der Waals surface area contributed by atoms with E-state index in [1.807, 2.05) is 19.1 Å². The highest BCUT2D eigenvalue weighted by molar-refractivity contribution is 5.92. The van der Waals surface area contributed by atoms with Crippen molar-refractivity contribution in [2.24, 2.45) is 0 Å². The van der Waals surface area contributed by atoms with Gasteiger partial charge >= 0.3 is 5.69 Å². The van der Waals surface area contributed by atoms with Crippen LogP contribution in [0.1, 0.15) is 22.6 Å². The van der Waals surface area contributed by atoms with Gasteiger partial charge in [-0.05, 0) is 25.5 Å². The standard InChI is InChI=1S/C16H19N5O3/c1-11-9-12(3-4-17-11)20-5-2-6-21(8-7-20)15(23)13-10-14(22)19-16(24)18-13/h3-4,9-10H,2,5-8H2,1H3,(H2,18,19,22,24). The molecule has 0 aliphatic carbocycles. The fourth-order valence-electron chi connectivity index (χ4n) is 2.86. The fraction of sp³-hybridized carbons (Fsp3) is 0.375. The van der Waals surface area contributed by atoms with Gasteiger partial charge in [-0.25, -0.2) is 4.79 Å². The minimum atomic E-state index is -0.672. The Labute approximate surface area is 138 Å². The van der Waals surface area contributed by atoms with Crippen molar-refractivity contribution in [3.8, 4) is 0 Å². The Kier molecular flexibility index (Phi) is 4.45. The topological polar surface area (TPSA) is 102 Å². The summed E-state index contributed by atoms with van der Waals surface area (Å²) >= 11 is 0. The zero-order valence-corrected chi connectivity index (χ0v) is 13.4. The van der Waals surface area contributed by atoms with Gasteiger partial charge in [0.2, 0.25) is 0 Å². The molecule has 0 atom stereocenters. The van der Waals surface area contributed by atoms with Gasteiger partial charge in [0.05, 0.1) is 0 Å². The summed E-state index contributed by atoms with van der Waals surface area (Å²) in [4.78, 5) is 47.8. The first kappa shape index (κ1) is 16.0. The molecule has 2 N–H and O–H groups in total. The third-order valence-corrected chi connectivity index (χ3v) is 4.02. The maximum atomic E-state index is 12.5. The van der Waals surface area contributed by atoms with E-state index in [9.17, 15) is 14.4 Å². The summed E-state index contributed by atoms with van der Waals surface area (Å²) in [6.07, 6.45) is 2.58. The van der Waals surface area contributed by atoms with Crippen molar-refractivity contribution >= 4 is 11.6 Å². The molecule has 2 aromatic rings. The van der Waals surface area contributed by atoms with E-state index in [1.54, 1.807) is 11.1 Å². The van der Waals surface area contributed by atoms with E-state index in [4.69, 9.17) is 0 Å². The molecular weight excluding hydrogens is 310 g/mol. The van der Waals surface area contributed by atoms with E-state index in [-0.39, 0.29) is 11.6 Å². The molecule has 3 heterocycles. The molecular formula is C16H19N5O3. The maximum Gasteiger partial charge on any atom is 0.326 e. The predicted octanol–water partition coefficient (Wildman–Crippen LogP) is 0.119. The Morgan fingerprint density at radius 1 is 1.12 bits per heavy atom. The molecule has 0 unspecified atom stereocenters. The van der Waals surface area contributed by atoms with Crippen molar-refractivity contribution in [3.63, 3.8) is 0 Å². The van der Waals surface area contributed by atoms with Gasteiger partial charge < -0.3 is 14.8 Å². The Bertz CT molecular complexity index is 829. The first-order chi connectivity index (χ1) is 11.5. The number of pyridine rings is 1. The van der Waals surface area contributed by atoms with Gasteiger partial charge in [-0.2, -0.15) is 0 Å². The van der Waals surface area contributed by atoms with Gasteiger partial charge in [-0.15, -0.1) is 0 Å². The molecule has 24 heavy (non-hydrogen) atoms. The number of aromatic amines is 2. The summed E-state index contributed by atoms with van der Waals surface area (Å²) < 4.78 is 0. The van der Waals surface area contributed by atoms with Crippen LogP contribution in [0.3, 0.4) is 0 Å². The third-order valence-electron chi connectivity index (χ3n) is 4.02. The average Bonchev–Trinajstić information content (AvgIpc) is 2.79. The average molecular weight is 329 g/mol. The number of H-pyrrole nitrogens is 2. The molecule has 1 saturated heterocycles. The zero-order valence-electron chi connectivity index (χ0n) is 13.4. The maximum absolute atomic E-state index is 12.5. The summed E-state index contributed by atoms with van der Waals surface area (Å²) in [7, 11) is 0. The molecule has 1 fully saturated rings. The number of hydrogen-bond donors (Lipinski definition) is 2. The molecule has 0 saturated carbocycles. The summed E-state index contributed by atoms with van der Waals surface area (Å²) in [5.74, 6) is -0.328. The Morgan fingerprint density at radius 2 is 1.96 bits per heavy atom. The minimum Gasteiger partial charge on any atom is -0.370 e. The van der Waals surface area contributed by atoms with Crippen LogP contribution in [0.2, 0.25) is 0 Å². The lowest BCUT2D eigenvalue weighted by Gasteiger charge is -2.23. The minimum absolute atomic E-state index is 0.0250. The Hall–Kier alpha value is -2.90. The van der Waals surface area contributed by atoms with Crippen molar-refractivity contribution < 1.29 is 4.79 Å². The molecule has 0 aromatic carbocycles. The van der Waals surface area contributed by atoms with Crippen LogP contribution < -0.4 is 16.1 Å². The van der Waals surface area contributed by atoms with Crippen molar-refractivity contribution in [3.05, 3.63) is 56.6 Å². The van der Waals surface area contributed by atoms with Crippen LogP contribution in [-0.4, -0.2) is 51.9 Å². The predicted molar refractivity (Wildman–Crippen MR) is 89.4 cm³/mol. The molecule has 0 radical (unpaired) electrons. The van der Waals surface area contributed by atoms with Gasteiger partial charge in [0, 0.05) is 49.8 Å². The van der Waals surface area contributed by atoms with E-state index < -0.39 is 11.2 Å². The number of hydrogen-bond acceptors (Lipinski definition) is 5. The highest BCUT2D eigenvalue weighted by atomic mass is 16.2. The van der Waals surface area contributed by atoms with Crippen LogP contribution in [0.4, 0.5) is 5.69 Å². The quantitative estimate of drug-likeness (QED) is 0.815. The normalized spacial score (nSPS) is 15.2. The summed E-state index contributed by atoms with van der Waals surface area (Å²) in [6.45, 7) is 4.56. The second-order valence-corrected chi connectivity index (χ2v) is 5.79. The van der Waals surface area contributed by atoms with E-state index in [1.165, 1.54) is 0 Å². The Morgan fingerprint density at radius 3 is 2.71 bits per heavy atom. The van der Waals surface area contributed by atoms with E-state index >= 15 is 0 Å². The number of nitrogens with zero attached hydrogens (tertiary/aromatic N) is 3. The molecule has 1 aliphatic rings. The lowest BCUT2D eigenvalue weighted by molar-refractivity contribution is 0.0760. The third kappa shape index (κ3) is 3.53. The largest absolute Gasteiger partial charge is 0.370 e. The molecule has 0 bridgehead atoms. The molecule has 8 heteroatoms. The number of rotatable bonds is 2. The van der Waals surface area contributed by atoms with Gasteiger partial charge in [0.25, 0.3) is 11.5 Å². The Balaban J connectivity index is 1.74. The molecule has 3 rings (SSSR count). The van der Waals surface area contributed by atoms with E-state index in [0.29, 0.717) is 19.6 Å². The highest BCUT2D eigenvalue weighted by Crippen LogP contribution is 2.17. The van der Waals surface area contributed by atoms with Crippen LogP contribution in [-0.2, 0) is 0 Å². The fourth-order valence-corrected chi connectivity index (χ4v) is 2.86. The van der Waals surface area contributed by atoms with Crippen LogP contribution in [0.15, 0.2) is 34.0 Å². The van der Waals surface area contributed by atoms with Crippen LogP contribution >= 0.6 is 0 Å². The van der Waals surface area contributed by atoms with Crippen LogP contribution in [0.25, 0.3) is 0 Å². The van der Waals surface area contributed by atoms with Crippen LogP contribution in [0.5, 0.6) is 0 Å². The number of carbonyl (C=O) groups excluding carboxylic acids is 1. The number of anilines is 1. The number of amides is 1. The highest BCUT2D eigenvalue weighted by Gasteiger charge is 2.21. The van der Waals surface area contributed by atoms with Crippen molar-refractivity contribution in [1.82, 2.24) is 19.9 Å². The lowest BCUT2D eigenvalue weighted by atomic mass is 10.3. The first-order valence-electron chi connectivity index (χ1n) is 7.83. The molecule has 2 aromatic heterocycles. The molecule has 126 valence electrons. The van der Waals surface area contributed by atoms with E-state index in [2.05, 4.69) is 19.9 Å². The van der Waals surface area contributed by atoms with Crippen molar-refractivity contribution in [2.45, 2.75) is 13.3 Å². The number of aryl methyl sites for hydroxylation is 1. The monoisotopic (exact) mass is 329 g/mol. The van der Waals surface area contributed by atoms with E-state index in [0.717, 1.165) is 30.4 Å². The van der Waals surface area contributed by atoms with Crippen molar-refractivity contribution in [1.29, 1.82) is 0 Å².